The minimum atomic E-state index is 0.406. The Bertz CT molecular complexity index is 488. The lowest BCUT2D eigenvalue weighted by Crippen LogP contribution is -2.29. The SMILES string of the molecule is C=C.C=N/C(CC)=C(C(/C)=C\CCl)\C(=C/C)NC(C)CCCN(CC)CC. The first-order valence-corrected chi connectivity index (χ1v) is 10.6. The molecule has 3 nitrogen and oxygen atoms in total. The van der Waals surface area contributed by atoms with Crippen LogP contribution in [0, 0.1) is 0 Å². The minimum Gasteiger partial charge on any atom is -0.382 e. The van der Waals surface area contributed by atoms with Gasteiger partial charge in [0.25, 0.3) is 0 Å². The van der Waals surface area contributed by atoms with Crippen LogP contribution in [0.3, 0.4) is 0 Å². The predicted octanol–water partition coefficient (Wildman–Crippen LogP) is 6.34. The maximum Gasteiger partial charge on any atom is 0.0489 e. The van der Waals surface area contributed by atoms with Crippen molar-refractivity contribution in [1.82, 2.24) is 10.2 Å². The third-order valence-corrected chi connectivity index (χ3v) is 4.71. The van der Waals surface area contributed by atoms with E-state index in [1.165, 1.54) is 6.42 Å². The van der Waals surface area contributed by atoms with Crippen LogP contribution in [0.1, 0.15) is 60.8 Å². The van der Waals surface area contributed by atoms with Gasteiger partial charge in [-0.2, -0.15) is 0 Å². The largest absolute Gasteiger partial charge is 0.382 e. The van der Waals surface area contributed by atoms with Gasteiger partial charge in [0, 0.05) is 28.9 Å². The van der Waals surface area contributed by atoms with Crippen molar-refractivity contribution in [3.05, 3.63) is 47.9 Å². The molecule has 0 aliphatic heterocycles. The summed E-state index contributed by atoms with van der Waals surface area (Å²) in [5, 5.41) is 3.68. The van der Waals surface area contributed by atoms with Crippen molar-refractivity contribution in [3.63, 3.8) is 0 Å². The standard InChI is InChI=1S/C21H38ClN3.C2H4/c1-8-19(23-7)21(17(5)14-15-22)20(9-2)24-18(6)13-12-16-25(10-3)11-4;1-2/h9,14,18,24H,7-8,10-13,15-16H2,1-6H3;1-2H2/b17-14-,20-9+,21-19-;. The number of nitrogens with one attached hydrogen (secondary N) is 1. The van der Waals surface area contributed by atoms with Crippen LogP contribution < -0.4 is 5.32 Å². The number of hydrogen-bond acceptors (Lipinski definition) is 3. The van der Waals surface area contributed by atoms with Crippen molar-refractivity contribution in [2.24, 2.45) is 4.99 Å². The van der Waals surface area contributed by atoms with Gasteiger partial charge in [0.1, 0.15) is 0 Å². The molecule has 0 spiro atoms. The van der Waals surface area contributed by atoms with Crippen LogP contribution >= 0.6 is 11.6 Å². The molecule has 0 aromatic carbocycles. The molecule has 156 valence electrons. The second kappa shape index (κ2) is 18.1. The van der Waals surface area contributed by atoms with Crippen LogP contribution in [-0.4, -0.2) is 43.2 Å². The summed E-state index contributed by atoms with van der Waals surface area (Å²) in [6.45, 7) is 26.1. The molecule has 0 aromatic rings. The molecular formula is C23H42ClN3. The van der Waals surface area contributed by atoms with Crippen LogP contribution in [0.15, 0.2) is 52.8 Å². The van der Waals surface area contributed by atoms with Gasteiger partial charge in [-0.1, -0.05) is 32.9 Å². The molecule has 0 rings (SSSR count). The van der Waals surface area contributed by atoms with E-state index in [4.69, 9.17) is 11.6 Å². The van der Waals surface area contributed by atoms with Crippen molar-refractivity contribution in [2.45, 2.75) is 66.8 Å². The van der Waals surface area contributed by atoms with E-state index in [1.54, 1.807) is 0 Å². The molecule has 1 atom stereocenters. The van der Waals surface area contributed by atoms with Crippen LogP contribution in [0.25, 0.3) is 0 Å². The third-order valence-electron chi connectivity index (χ3n) is 4.56. The second-order valence-corrected chi connectivity index (χ2v) is 6.60. The summed E-state index contributed by atoms with van der Waals surface area (Å²) in [4.78, 5) is 6.72. The Morgan fingerprint density at radius 3 is 2.22 bits per heavy atom. The normalized spacial score (nSPS) is 14.2. The Labute approximate surface area is 174 Å². The smallest absolute Gasteiger partial charge is 0.0489 e. The molecular weight excluding hydrogens is 354 g/mol. The molecule has 0 radical (unpaired) electrons. The highest BCUT2D eigenvalue weighted by Gasteiger charge is 2.14. The van der Waals surface area contributed by atoms with Crippen LogP contribution in [0.5, 0.6) is 0 Å². The van der Waals surface area contributed by atoms with Crippen molar-refractivity contribution < 1.29 is 0 Å². The van der Waals surface area contributed by atoms with Gasteiger partial charge in [-0.15, -0.1) is 24.8 Å². The van der Waals surface area contributed by atoms with Crippen LogP contribution in [-0.2, 0) is 0 Å². The quantitative estimate of drug-likeness (QED) is 0.170. The molecule has 0 saturated carbocycles. The van der Waals surface area contributed by atoms with E-state index >= 15 is 0 Å². The first-order valence-electron chi connectivity index (χ1n) is 10.1. The molecule has 0 amide bonds. The fraction of sp³-hybridized carbons (Fsp3) is 0.609. The lowest BCUT2D eigenvalue weighted by atomic mass is 9.98. The molecule has 0 aliphatic rings. The Hall–Kier alpha value is -1.32. The zero-order valence-corrected chi connectivity index (χ0v) is 19.3. The highest BCUT2D eigenvalue weighted by atomic mass is 35.5. The van der Waals surface area contributed by atoms with E-state index in [0.29, 0.717) is 11.9 Å². The maximum atomic E-state index is 5.92. The third kappa shape index (κ3) is 11.2. The molecule has 1 unspecified atom stereocenters. The van der Waals surface area contributed by atoms with E-state index in [-0.39, 0.29) is 0 Å². The number of alkyl halides is 1. The van der Waals surface area contributed by atoms with Gasteiger partial charge in [0.2, 0.25) is 0 Å². The van der Waals surface area contributed by atoms with Gasteiger partial charge in [-0.05, 0) is 72.0 Å². The number of hydrogen-bond donors (Lipinski definition) is 1. The maximum absolute atomic E-state index is 5.92. The van der Waals surface area contributed by atoms with Gasteiger partial charge in [0.05, 0.1) is 0 Å². The van der Waals surface area contributed by atoms with Crippen molar-refractivity contribution in [1.29, 1.82) is 0 Å². The first kappa shape index (κ1) is 27.9. The number of aliphatic imine (C=N–C) groups is 1. The fourth-order valence-electron chi connectivity index (χ4n) is 2.98. The van der Waals surface area contributed by atoms with E-state index < -0.39 is 0 Å². The van der Waals surface area contributed by atoms with Crippen molar-refractivity contribution in [3.8, 4) is 0 Å². The second-order valence-electron chi connectivity index (χ2n) is 6.29. The molecule has 0 saturated heterocycles. The van der Waals surface area contributed by atoms with Crippen molar-refractivity contribution in [2.75, 3.05) is 25.5 Å². The molecule has 1 N–H and O–H groups in total. The Kier molecular flexibility index (Phi) is 18.7. The van der Waals surface area contributed by atoms with Gasteiger partial charge in [-0.3, -0.25) is 4.99 Å². The molecule has 27 heavy (non-hydrogen) atoms. The molecule has 4 heteroatoms. The van der Waals surface area contributed by atoms with E-state index in [1.807, 2.05) is 6.08 Å². The van der Waals surface area contributed by atoms with E-state index in [0.717, 1.165) is 55.0 Å². The fourth-order valence-corrected chi connectivity index (χ4v) is 3.21. The van der Waals surface area contributed by atoms with E-state index in [2.05, 4.69) is 82.7 Å². The highest BCUT2D eigenvalue weighted by molar-refractivity contribution is 6.19. The summed E-state index contributed by atoms with van der Waals surface area (Å²) in [5.74, 6) is 0.500. The Balaban J connectivity index is 0. The number of rotatable bonds is 13. The predicted molar refractivity (Wildman–Crippen MR) is 126 cm³/mol. The Morgan fingerprint density at radius 1 is 1.22 bits per heavy atom. The van der Waals surface area contributed by atoms with Crippen LogP contribution in [0.4, 0.5) is 0 Å². The average Bonchev–Trinajstić information content (AvgIpc) is 2.69. The zero-order chi connectivity index (χ0) is 21.2. The first-order chi connectivity index (χ1) is 13.0. The van der Waals surface area contributed by atoms with Crippen LogP contribution in [0.2, 0.25) is 0 Å². The van der Waals surface area contributed by atoms with Gasteiger partial charge < -0.3 is 10.2 Å². The average molecular weight is 396 g/mol. The van der Waals surface area contributed by atoms with Gasteiger partial charge in [-0.25, -0.2) is 0 Å². The van der Waals surface area contributed by atoms with Crippen molar-refractivity contribution >= 4 is 18.3 Å². The summed E-state index contributed by atoms with van der Waals surface area (Å²) < 4.78 is 0. The summed E-state index contributed by atoms with van der Waals surface area (Å²) in [5.41, 5.74) is 4.42. The Morgan fingerprint density at radius 2 is 1.81 bits per heavy atom. The monoisotopic (exact) mass is 395 g/mol. The molecule has 0 heterocycles. The summed E-state index contributed by atoms with van der Waals surface area (Å²) in [7, 11) is 0. The summed E-state index contributed by atoms with van der Waals surface area (Å²) >= 11 is 5.92. The summed E-state index contributed by atoms with van der Waals surface area (Å²) in [6, 6.07) is 0.406. The number of allylic oxidation sites excluding steroid dienone is 4. The molecule has 0 bridgehead atoms. The molecule has 0 aromatic heterocycles. The minimum absolute atomic E-state index is 0.406. The molecule has 0 aliphatic carbocycles. The van der Waals surface area contributed by atoms with Gasteiger partial charge >= 0.3 is 0 Å². The highest BCUT2D eigenvalue weighted by Crippen LogP contribution is 2.25. The van der Waals surface area contributed by atoms with Gasteiger partial charge in [0.15, 0.2) is 0 Å². The number of nitrogens with zero attached hydrogens (tertiary/aromatic N) is 2. The number of halogens is 1. The zero-order valence-electron chi connectivity index (χ0n) is 18.6. The van der Waals surface area contributed by atoms with E-state index in [9.17, 15) is 0 Å². The summed E-state index contributed by atoms with van der Waals surface area (Å²) in [6.07, 6.45) is 7.35. The lowest BCUT2D eigenvalue weighted by Gasteiger charge is -2.23. The topological polar surface area (TPSA) is 27.6 Å². The molecule has 0 fully saturated rings. The lowest BCUT2D eigenvalue weighted by molar-refractivity contribution is 0.292.